The number of fused-ring (bicyclic) bond motifs is 1. The number of pyridine rings is 1. The maximum absolute atomic E-state index is 11.8. The second kappa shape index (κ2) is 4.49. The van der Waals surface area contributed by atoms with Gasteiger partial charge in [-0.3, -0.25) is 4.79 Å². The molecular formula is C13H12N2O2S. The van der Waals surface area contributed by atoms with Crippen molar-refractivity contribution >= 4 is 17.1 Å². The molecule has 92 valence electrons. The first kappa shape index (κ1) is 11.3. The average molecular weight is 260 g/mol. The van der Waals surface area contributed by atoms with Crippen molar-refractivity contribution in [3.8, 4) is 16.6 Å². The van der Waals surface area contributed by atoms with Crippen LogP contribution in [0.2, 0.25) is 0 Å². The molecule has 1 aliphatic rings. The number of hydrogen-bond acceptors (Lipinski definition) is 5. The first-order valence-electron chi connectivity index (χ1n) is 5.82. The Morgan fingerprint density at radius 1 is 1.28 bits per heavy atom. The van der Waals surface area contributed by atoms with Crippen molar-refractivity contribution < 1.29 is 9.53 Å². The Morgan fingerprint density at radius 2 is 2.17 bits per heavy atom. The summed E-state index contributed by atoms with van der Waals surface area (Å²) in [6.07, 6.45) is 2.49. The van der Waals surface area contributed by atoms with Crippen LogP contribution in [-0.2, 0) is 6.42 Å². The largest absolute Gasteiger partial charge is 0.481 e. The Balaban J connectivity index is 2.04. The van der Waals surface area contributed by atoms with Crippen molar-refractivity contribution in [3.63, 3.8) is 0 Å². The van der Waals surface area contributed by atoms with Crippen molar-refractivity contribution in [1.82, 2.24) is 9.97 Å². The molecule has 0 radical (unpaired) electrons. The highest BCUT2D eigenvalue weighted by Crippen LogP contribution is 2.32. The smallest absolute Gasteiger partial charge is 0.213 e. The van der Waals surface area contributed by atoms with Crippen molar-refractivity contribution in [2.24, 2.45) is 0 Å². The van der Waals surface area contributed by atoms with Crippen LogP contribution in [-0.4, -0.2) is 22.9 Å². The molecule has 2 heterocycles. The molecule has 5 heteroatoms. The van der Waals surface area contributed by atoms with Gasteiger partial charge in [-0.2, -0.15) is 0 Å². The molecule has 1 aliphatic carbocycles. The van der Waals surface area contributed by atoms with Crippen LogP contribution in [0.5, 0.6) is 5.88 Å². The van der Waals surface area contributed by atoms with Gasteiger partial charge in [0, 0.05) is 17.4 Å². The van der Waals surface area contributed by atoms with E-state index in [-0.39, 0.29) is 5.78 Å². The minimum atomic E-state index is 0.154. The van der Waals surface area contributed by atoms with Gasteiger partial charge in [0.1, 0.15) is 16.4 Å². The number of nitrogens with zero attached hydrogens (tertiary/aromatic N) is 2. The van der Waals surface area contributed by atoms with Crippen LogP contribution < -0.4 is 4.74 Å². The Hall–Kier alpha value is -1.75. The van der Waals surface area contributed by atoms with E-state index in [1.165, 1.54) is 0 Å². The normalized spacial score (nSPS) is 14.4. The van der Waals surface area contributed by atoms with Crippen LogP contribution in [0, 0.1) is 0 Å². The summed E-state index contributed by atoms with van der Waals surface area (Å²) in [6, 6.07) is 5.56. The maximum Gasteiger partial charge on any atom is 0.213 e. The minimum absolute atomic E-state index is 0.154. The number of carbonyl (C=O) groups is 1. The third kappa shape index (κ3) is 1.90. The molecule has 0 bridgehead atoms. The van der Waals surface area contributed by atoms with Gasteiger partial charge in [0.25, 0.3) is 0 Å². The first-order valence-corrected chi connectivity index (χ1v) is 6.64. The molecule has 4 nitrogen and oxygen atoms in total. The number of ether oxygens (including phenoxy) is 1. The van der Waals surface area contributed by atoms with Gasteiger partial charge < -0.3 is 4.74 Å². The summed E-state index contributed by atoms with van der Waals surface area (Å²) in [6.45, 7) is 0. The van der Waals surface area contributed by atoms with E-state index in [1.54, 1.807) is 24.5 Å². The monoisotopic (exact) mass is 260 g/mol. The van der Waals surface area contributed by atoms with Crippen molar-refractivity contribution in [1.29, 1.82) is 0 Å². The van der Waals surface area contributed by atoms with Crippen molar-refractivity contribution in [2.45, 2.75) is 19.3 Å². The highest BCUT2D eigenvalue weighted by molar-refractivity contribution is 7.15. The molecule has 0 aromatic carbocycles. The van der Waals surface area contributed by atoms with Gasteiger partial charge in [-0.1, -0.05) is 6.07 Å². The molecular weight excluding hydrogens is 248 g/mol. The van der Waals surface area contributed by atoms with E-state index in [1.807, 2.05) is 12.1 Å². The Labute approximate surface area is 109 Å². The van der Waals surface area contributed by atoms with Crippen LogP contribution in [0.3, 0.4) is 0 Å². The summed E-state index contributed by atoms with van der Waals surface area (Å²) in [5.41, 5.74) is 1.41. The number of thiazole rings is 1. The number of ketones is 1. The summed E-state index contributed by atoms with van der Waals surface area (Å²) in [5, 5.41) is 0.800. The molecule has 0 spiro atoms. The molecule has 2 aromatic rings. The zero-order chi connectivity index (χ0) is 12.5. The summed E-state index contributed by atoms with van der Waals surface area (Å²) in [7, 11) is 1.59. The lowest BCUT2D eigenvalue weighted by atomic mass is 10.0. The second-order valence-electron chi connectivity index (χ2n) is 4.13. The fraction of sp³-hybridized carbons (Fsp3) is 0.308. The van der Waals surface area contributed by atoms with Gasteiger partial charge in [0.2, 0.25) is 5.88 Å². The van der Waals surface area contributed by atoms with Gasteiger partial charge in [0.05, 0.1) is 7.11 Å². The zero-order valence-corrected chi connectivity index (χ0v) is 10.8. The topological polar surface area (TPSA) is 52.1 Å². The van der Waals surface area contributed by atoms with Crippen LogP contribution in [0.4, 0.5) is 0 Å². The number of methoxy groups -OCH3 is 1. The van der Waals surface area contributed by atoms with E-state index in [4.69, 9.17) is 4.74 Å². The van der Waals surface area contributed by atoms with E-state index >= 15 is 0 Å². The van der Waals surface area contributed by atoms with Crippen LogP contribution in [0.25, 0.3) is 10.7 Å². The predicted octanol–water partition coefficient (Wildman–Crippen LogP) is 2.73. The maximum atomic E-state index is 11.8. The van der Waals surface area contributed by atoms with Crippen molar-refractivity contribution in [2.75, 3.05) is 7.11 Å². The number of aryl methyl sites for hydroxylation is 1. The Bertz CT molecular complexity index is 607. The van der Waals surface area contributed by atoms with Gasteiger partial charge >= 0.3 is 0 Å². The molecule has 0 fully saturated rings. The molecule has 0 amide bonds. The molecule has 0 saturated heterocycles. The summed E-state index contributed by atoms with van der Waals surface area (Å²) >= 11 is 1.56. The SMILES string of the molecule is COc1cccc(-c2nc3c(s2)CCCC3=O)n1. The Morgan fingerprint density at radius 3 is 2.94 bits per heavy atom. The fourth-order valence-electron chi connectivity index (χ4n) is 2.02. The van der Waals surface area contributed by atoms with Crippen LogP contribution in [0.1, 0.15) is 28.2 Å². The average Bonchev–Trinajstić information content (AvgIpc) is 2.84. The standard InChI is InChI=1S/C13H12N2O2S/c1-17-11-7-2-4-8(14-11)13-15-12-9(16)5-3-6-10(12)18-13/h2,4,7H,3,5-6H2,1H3. The fourth-order valence-corrected chi connectivity index (χ4v) is 3.12. The molecule has 18 heavy (non-hydrogen) atoms. The summed E-state index contributed by atoms with van der Waals surface area (Å²) < 4.78 is 5.10. The molecule has 0 aliphatic heterocycles. The van der Waals surface area contributed by atoms with E-state index in [9.17, 15) is 4.79 Å². The number of carbonyl (C=O) groups excluding carboxylic acids is 1. The lowest BCUT2D eigenvalue weighted by molar-refractivity contribution is 0.0968. The first-order chi connectivity index (χ1) is 8.78. The summed E-state index contributed by atoms with van der Waals surface area (Å²) in [4.78, 5) is 21.6. The van der Waals surface area contributed by atoms with E-state index in [0.29, 0.717) is 18.0 Å². The zero-order valence-electron chi connectivity index (χ0n) is 9.97. The van der Waals surface area contributed by atoms with Gasteiger partial charge in [-0.25, -0.2) is 9.97 Å². The van der Waals surface area contributed by atoms with Gasteiger partial charge in [-0.15, -0.1) is 11.3 Å². The van der Waals surface area contributed by atoms with Gasteiger partial charge in [-0.05, 0) is 18.9 Å². The molecule has 3 rings (SSSR count). The van der Waals surface area contributed by atoms with Gasteiger partial charge in [0.15, 0.2) is 5.78 Å². The quantitative estimate of drug-likeness (QED) is 0.833. The molecule has 0 N–H and O–H groups in total. The number of hydrogen-bond donors (Lipinski definition) is 0. The lowest BCUT2D eigenvalue weighted by Crippen LogP contribution is -2.08. The van der Waals surface area contributed by atoms with Crippen LogP contribution in [0.15, 0.2) is 18.2 Å². The Kier molecular flexibility index (Phi) is 2.83. The van der Waals surface area contributed by atoms with Crippen molar-refractivity contribution in [3.05, 3.63) is 28.8 Å². The summed E-state index contributed by atoms with van der Waals surface area (Å²) in [5.74, 6) is 0.716. The number of rotatable bonds is 2. The third-order valence-corrected chi connectivity index (χ3v) is 4.06. The molecule has 0 atom stereocenters. The van der Waals surface area contributed by atoms with E-state index in [0.717, 1.165) is 28.4 Å². The second-order valence-corrected chi connectivity index (χ2v) is 5.22. The number of aromatic nitrogens is 2. The molecule has 0 saturated carbocycles. The molecule has 2 aromatic heterocycles. The van der Waals surface area contributed by atoms with Crippen LogP contribution >= 0.6 is 11.3 Å². The van der Waals surface area contributed by atoms with E-state index < -0.39 is 0 Å². The third-order valence-electron chi connectivity index (χ3n) is 2.92. The van der Waals surface area contributed by atoms with E-state index in [2.05, 4.69) is 9.97 Å². The highest BCUT2D eigenvalue weighted by atomic mass is 32.1. The number of Topliss-reactive ketones (excluding diaryl/α,β-unsaturated/α-hetero) is 1. The minimum Gasteiger partial charge on any atom is -0.481 e. The molecule has 0 unspecified atom stereocenters. The highest BCUT2D eigenvalue weighted by Gasteiger charge is 2.23. The predicted molar refractivity (Wildman–Crippen MR) is 69.2 cm³/mol. The lowest BCUT2D eigenvalue weighted by Gasteiger charge is -2.06.